The highest BCUT2D eigenvalue weighted by Crippen LogP contribution is 2.45. The van der Waals surface area contributed by atoms with Crippen LogP contribution in [-0.2, 0) is 55.8 Å². The number of hydrogen-bond donors (Lipinski definition) is 4. The molecule has 0 aromatic rings. The fourth-order valence-corrected chi connectivity index (χ4v) is 15.7. The Hall–Kier alpha value is -5.09. The zero-order valence-corrected chi connectivity index (χ0v) is 82.7. The third-order valence-corrected chi connectivity index (χ3v) is 23.8. The molecule has 0 aliphatic rings. The van der Waals surface area contributed by atoms with E-state index in [9.17, 15) is 43.5 Å². The summed E-state index contributed by atoms with van der Waals surface area (Å²) in [6, 6.07) is 0. The molecule has 0 saturated heterocycles. The largest absolute Gasteiger partial charge is 0.472 e. The first-order chi connectivity index (χ1) is 62.2. The minimum atomic E-state index is -4.95. The molecule has 0 aromatic carbocycles. The molecule has 5 atom stereocenters. The molecule has 0 fully saturated rings. The van der Waals surface area contributed by atoms with E-state index in [0.717, 1.165) is 161 Å². The number of esters is 3. The summed E-state index contributed by atoms with van der Waals surface area (Å²) < 4.78 is 61.7. The van der Waals surface area contributed by atoms with E-state index in [1.807, 2.05) is 0 Å². The number of phosphoric ester groups is 2. The Labute approximate surface area is 777 Å². The van der Waals surface area contributed by atoms with Gasteiger partial charge in [-0.2, -0.15) is 0 Å². The lowest BCUT2D eigenvalue weighted by molar-refractivity contribution is -0.161. The van der Waals surface area contributed by atoms with E-state index >= 15 is 0 Å². The molecule has 0 rings (SSSR count). The minimum Gasteiger partial charge on any atom is -0.463 e. The van der Waals surface area contributed by atoms with Crippen LogP contribution in [0.5, 0.6) is 0 Å². The number of carbonyl (C=O) groups is 3. The van der Waals surface area contributed by atoms with Crippen LogP contribution in [0.15, 0.2) is 170 Å². The van der Waals surface area contributed by atoms with Crippen molar-refractivity contribution in [3.63, 3.8) is 0 Å². The summed E-state index contributed by atoms with van der Waals surface area (Å²) in [5.74, 6) is -1.57. The number of unbranched alkanes of at least 4 members (excludes halogenated alkanes) is 46. The van der Waals surface area contributed by atoms with E-state index in [0.29, 0.717) is 19.3 Å². The van der Waals surface area contributed by atoms with Crippen LogP contribution in [0.1, 0.15) is 445 Å². The smallest absolute Gasteiger partial charge is 0.463 e. The molecule has 16 nitrogen and oxygen atoms in total. The van der Waals surface area contributed by atoms with Crippen molar-refractivity contribution >= 4 is 33.6 Å². The van der Waals surface area contributed by atoms with Crippen LogP contribution >= 0.6 is 15.6 Å². The van der Waals surface area contributed by atoms with Gasteiger partial charge in [0.2, 0.25) is 0 Å². The Morgan fingerprint density at radius 2 is 0.417 bits per heavy atom. The fraction of sp³-hybridized carbons (Fsp3) is 0.716. The monoisotopic (exact) mass is 1820 g/mol. The molecule has 5 unspecified atom stereocenters. The van der Waals surface area contributed by atoms with Gasteiger partial charge in [0.25, 0.3) is 0 Å². The molecule has 0 aliphatic heterocycles. The summed E-state index contributed by atoms with van der Waals surface area (Å²) in [5.41, 5.74) is 0. The normalized spacial score (nSPS) is 14.4. The molecule has 0 heterocycles. The molecule has 0 saturated carbocycles. The van der Waals surface area contributed by atoms with Gasteiger partial charge in [-0.15, -0.1) is 0 Å². The van der Waals surface area contributed by atoms with Crippen LogP contribution in [0.4, 0.5) is 0 Å². The summed E-state index contributed by atoms with van der Waals surface area (Å²) >= 11 is 0. The second-order valence-electron chi connectivity index (χ2n) is 34.3. The predicted molar refractivity (Wildman–Crippen MR) is 537 cm³/mol. The summed E-state index contributed by atoms with van der Waals surface area (Å²) in [6.07, 6.45) is 131. The van der Waals surface area contributed by atoms with E-state index in [-0.39, 0.29) is 19.3 Å². The van der Waals surface area contributed by atoms with Crippen molar-refractivity contribution < 1.29 is 75.8 Å². The Morgan fingerprint density at radius 3 is 0.661 bits per heavy atom. The lowest BCUT2D eigenvalue weighted by Crippen LogP contribution is -2.30. The zero-order valence-electron chi connectivity index (χ0n) is 80.9. The lowest BCUT2D eigenvalue weighted by Gasteiger charge is -2.21. The third-order valence-electron chi connectivity index (χ3n) is 21.9. The first kappa shape index (κ1) is 122. The van der Waals surface area contributed by atoms with E-state index in [2.05, 4.69) is 191 Å². The number of allylic oxidation sites excluding steroid dienone is 28. The maximum Gasteiger partial charge on any atom is 0.472 e. The Kier molecular flexibility index (Phi) is 95.9. The van der Waals surface area contributed by atoms with Crippen LogP contribution in [0.25, 0.3) is 0 Å². The molecule has 4 N–H and O–H groups in total. The highest BCUT2D eigenvalue weighted by molar-refractivity contribution is 7.47. The predicted octanol–water partition coefficient (Wildman–Crippen LogP) is 32.6. The molecular weight excluding hydrogens is 1630 g/mol. The number of phosphoric acid groups is 2. The first-order valence-electron chi connectivity index (χ1n) is 51.4. The molecule has 0 aliphatic carbocycles. The number of hydrogen-bond acceptors (Lipinski definition) is 14. The van der Waals surface area contributed by atoms with Crippen molar-refractivity contribution in [2.75, 3.05) is 39.6 Å². The molecule has 18 heteroatoms. The van der Waals surface area contributed by atoms with Crippen molar-refractivity contribution in [3.05, 3.63) is 170 Å². The summed E-state index contributed by atoms with van der Waals surface area (Å²) in [6.45, 7) is 2.58. The van der Waals surface area contributed by atoms with Gasteiger partial charge in [0.15, 0.2) is 6.10 Å². The van der Waals surface area contributed by atoms with Crippen LogP contribution in [0, 0.1) is 0 Å². The number of rotatable bonds is 97. The highest BCUT2D eigenvalue weighted by atomic mass is 31.2. The second-order valence-corrected chi connectivity index (χ2v) is 37.2. The van der Waals surface area contributed by atoms with Gasteiger partial charge in [-0.3, -0.25) is 32.5 Å². The van der Waals surface area contributed by atoms with Gasteiger partial charge in [-0.05, 0) is 161 Å². The van der Waals surface area contributed by atoms with E-state index in [1.165, 1.54) is 225 Å². The Bertz CT molecular complexity index is 2990. The van der Waals surface area contributed by atoms with Gasteiger partial charge in [-0.25, -0.2) is 9.13 Å². The maximum absolute atomic E-state index is 13.1. The average Bonchev–Trinajstić information content (AvgIpc) is 0.901. The van der Waals surface area contributed by atoms with Gasteiger partial charge < -0.3 is 34.2 Å². The van der Waals surface area contributed by atoms with Gasteiger partial charge in [0.05, 0.1) is 26.4 Å². The number of aliphatic hydroxyl groups is 2. The molecule has 0 bridgehead atoms. The van der Waals surface area contributed by atoms with E-state index < -0.39 is 91.5 Å². The Morgan fingerprint density at radius 1 is 0.228 bits per heavy atom. The molecule has 0 spiro atoms. The SMILES string of the molecule is CC/C=C\C/C=C\C/C=C\C/C=C\C/C=C\C/C=C\CCCCCCCCCCC(=O)OC(COC(=O)CCCCCCCCCCCCCCCCC/C=C\C/C=C\C/C=C\C/C=C\CCCCC)COP(=O)(O)OCC(O)COP(=O)(O)OCC(O)COC(=O)CCCCCCCCCCCCCCCCCCC/C=C\C/C=C\C/C=C\C/C=C\CCCCC. The summed E-state index contributed by atoms with van der Waals surface area (Å²) in [7, 11) is -9.82. The molecule has 730 valence electrons. The van der Waals surface area contributed by atoms with Crippen molar-refractivity contribution in [1.29, 1.82) is 0 Å². The second kappa shape index (κ2) is 99.9. The standard InChI is InChI=1S/C109H188O16P2/c1-4-7-10-13-16-19-22-25-28-31-34-37-40-43-46-48-50-51-53-55-57-59-62-65-68-71-74-77-80-83-86-89-92-95-107(112)119-98-104(110)99-121-126(115,116)122-100-105(111)101-123-127(117,118)124-103-106(125-109(114)97-94-91-88-85-82-79-76-73-70-67-64-61-56-45-42-39-36-33-30-27-24-21-18-15-12-9-6-3)102-120-108(113)96-93-90-87-84-81-78-75-72-69-66-63-60-58-54-52-49-47-44-41-38-35-32-29-26-23-20-17-14-11-8-5-2/h9,12,16-21,25-30,34-39,43-47,56,64,67,104-106,110-111H,4-8,10-11,13-15,22-24,31-33,40-42,48-55,57-63,65-66,68-103H2,1-3H3,(H,115,116)(H,117,118)/b12-9-,19-16-,20-17-,21-18-,28-25-,29-26-,30-27-,37-34-,38-35-,39-36-,46-43-,47-44-,56-45-,67-64-. The molecule has 127 heavy (non-hydrogen) atoms. The zero-order chi connectivity index (χ0) is 92.1. The van der Waals surface area contributed by atoms with E-state index in [4.69, 9.17) is 32.3 Å². The van der Waals surface area contributed by atoms with Crippen LogP contribution in [0.2, 0.25) is 0 Å². The van der Waals surface area contributed by atoms with Gasteiger partial charge >= 0.3 is 33.6 Å². The van der Waals surface area contributed by atoms with E-state index in [1.54, 1.807) is 0 Å². The van der Waals surface area contributed by atoms with Crippen molar-refractivity contribution in [1.82, 2.24) is 0 Å². The summed E-state index contributed by atoms with van der Waals surface area (Å²) in [4.78, 5) is 59.2. The lowest BCUT2D eigenvalue weighted by atomic mass is 10.0. The van der Waals surface area contributed by atoms with Crippen LogP contribution in [0.3, 0.4) is 0 Å². The first-order valence-corrected chi connectivity index (χ1v) is 54.4. The molecule has 0 amide bonds. The van der Waals surface area contributed by atoms with Crippen molar-refractivity contribution in [3.8, 4) is 0 Å². The third kappa shape index (κ3) is 101. The molecular formula is C109H188O16P2. The van der Waals surface area contributed by atoms with Crippen LogP contribution in [-0.4, -0.2) is 95.9 Å². The van der Waals surface area contributed by atoms with Crippen molar-refractivity contribution in [2.24, 2.45) is 0 Å². The van der Waals surface area contributed by atoms with Gasteiger partial charge in [-0.1, -0.05) is 435 Å². The summed E-state index contributed by atoms with van der Waals surface area (Å²) in [5, 5.41) is 20.8. The minimum absolute atomic E-state index is 0.0907. The number of ether oxygens (including phenoxy) is 3. The average molecular weight is 1820 g/mol. The topological polar surface area (TPSA) is 231 Å². The van der Waals surface area contributed by atoms with Gasteiger partial charge in [0, 0.05) is 19.3 Å². The maximum atomic E-state index is 13.1. The molecule has 0 radical (unpaired) electrons. The Balaban J connectivity index is 4.61. The van der Waals surface area contributed by atoms with Gasteiger partial charge in [0.1, 0.15) is 25.4 Å². The molecule has 0 aromatic heterocycles. The number of carbonyl (C=O) groups excluding carboxylic acids is 3. The fourth-order valence-electron chi connectivity index (χ4n) is 14.1. The highest BCUT2D eigenvalue weighted by Gasteiger charge is 2.30. The van der Waals surface area contributed by atoms with Crippen molar-refractivity contribution in [2.45, 2.75) is 463 Å². The quantitative estimate of drug-likeness (QED) is 0.0146. The number of aliphatic hydroxyl groups excluding tert-OH is 2. The van der Waals surface area contributed by atoms with Crippen LogP contribution < -0.4 is 0 Å².